The first kappa shape index (κ1) is 17.7. The lowest BCUT2D eigenvalue weighted by Gasteiger charge is -2.24. The highest BCUT2D eigenvalue weighted by Gasteiger charge is 2.32. The maximum Gasteiger partial charge on any atom is 0.266 e. The number of benzene rings is 1. The number of carbonyl (C=O) groups is 1. The number of anilines is 1. The van der Waals surface area contributed by atoms with E-state index in [4.69, 9.17) is 4.74 Å². The summed E-state index contributed by atoms with van der Waals surface area (Å²) >= 11 is 0. The van der Waals surface area contributed by atoms with Crippen LogP contribution in [0, 0.1) is 0 Å². The molecule has 7 heteroatoms. The molecule has 0 radical (unpaired) electrons. The molecule has 2 atom stereocenters. The second-order valence-electron chi connectivity index (χ2n) is 7.15. The monoisotopic (exact) mass is 361 g/mol. The number of carbonyl (C=O) groups excluding carboxylic acids is 1. The van der Waals surface area contributed by atoms with Crippen molar-refractivity contribution >= 4 is 22.5 Å². The molecule has 0 saturated carbocycles. The van der Waals surface area contributed by atoms with Crippen molar-refractivity contribution in [2.75, 3.05) is 5.32 Å². The van der Waals surface area contributed by atoms with Crippen LogP contribution < -0.4 is 10.1 Å². The predicted octanol–water partition coefficient (Wildman–Crippen LogP) is 2.81. The van der Waals surface area contributed by atoms with Gasteiger partial charge in [-0.05, 0) is 39.8 Å². The van der Waals surface area contributed by atoms with Gasteiger partial charge in [0.1, 0.15) is 11.6 Å². The van der Waals surface area contributed by atoms with Crippen molar-refractivity contribution < 1.29 is 13.7 Å². The predicted molar refractivity (Wildman–Crippen MR) is 97.9 cm³/mol. The van der Waals surface area contributed by atoms with Gasteiger partial charge in [-0.1, -0.05) is 18.2 Å². The van der Waals surface area contributed by atoms with Crippen LogP contribution in [0.3, 0.4) is 0 Å². The summed E-state index contributed by atoms with van der Waals surface area (Å²) in [7, 11) is -0.949. The molecule has 1 aromatic heterocycles. The van der Waals surface area contributed by atoms with Gasteiger partial charge in [-0.15, -0.1) is 0 Å². The topological polar surface area (TPSA) is 73.2 Å². The number of hydrogen-bond acceptors (Lipinski definition) is 4. The molecule has 0 aliphatic carbocycles. The number of rotatable bonds is 4. The Morgan fingerprint density at radius 3 is 2.60 bits per heavy atom. The zero-order valence-electron chi connectivity index (χ0n) is 14.9. The summed E-state index contributed by atoms with van der Waals surface area (Å²) in [5, 5.41) is 7.52. The van der Waals surface area contributed by atoms with Crippen LogP contribution in [0.25, 0.3) is 0 Å². The van der Waals surface area contributed by atoms with E-state index in [2.05, 4.69) is 10.4 Å². The summed E-state index contributed by atoms with van der Waals surface area (Å²) in [6, 6.07) is 9.23. The summed E-state index contributed by atoms with van der Waals surface area (Å²) in [6.45, 7) is 7.77. The summed E-state index contributed by atoms with van der Waals surface area (Å²) in [6.07, 6.45) is -0.659. The van der Waals surface area contributed by atoms with Crippen molar-refractivity contribution in [3.8, 4) is 5.75 Å². The molecule has 6 nitrogen and oxygen atoms in total. The minimum atomic E-state index is -0.949. The molecule has 3 rings (SSSR count). The maximum absolute atomic E-state index is 12.6. The Hall–Kier alpha value is -2.15. The molecule has 2 aromatic rings. The third-order valence-electron chi connectivity index (χ3n) is 3.97. The highest BCUT2D eigenvalue weighted by molar-refractivity contribution is 7.83. The summed E-state index contributed by atoms with van der Waals surface area (Å²) < 4.78 is 19.4. The Morgan fingerprint density at radius 2 is 1.96 bits per heavy atom. The van der Waals surface area contributed by atoms with Crippen LogP contribution in [0.1, 0.15) is 39.0 Å². The van der Waals surface area contributed by atoms with Crippen molar-refractivity contribution in [1.29, 1.82) is 0 Å². The lowest BCUT2D eigenvalue weighted by atomic mass is 10.1. The zero-order chi connectivity index (χ0) is 18.2. The van der Waals surface area contributed by atoms with Crippen molar-refractivity contribution in [1.82, 2.24) is 9.78 Å². The molecule has 0 fully saturated rings. The van der Waals surface area contributed by atoms with Gasteiger partial charge in [-0.25, -0.2) is 4.68 Å². The second-order valence-corrected chi connectivity index (χ2v) is 8.60. The van der Waals surface area contributed by atoms with Gasteiger partial charge < -0.3 is 10.1 Å². The summed E-state index contributed by atoms with van der Waals surface area (Å²) in [5.74, 6) is 1.88. The number of nitrogens with one attached hydrogen (secondary N) is 1. The number of para-hydroxylation sites is 1. The Labute approximate surface area is 150 Å². The molecule has 1 amide bonds. The van der Waals surface area contributed by atoms with Crippen LogP contribution >= 0.6 is 0 Å². The average molecular weight is 361 g/mol. The quantitative estimate of drug-likeness (QED) is 0.909. The Bertz CT molecular complexity index is 809. The number of aromatic nitrogens is 2. The fraction of sp³-hybridized carbons (Fsp3) is 0.444. The molecule has 0 spiro atoms. The van der Waals surface area contributed by atoms with Crippen molar-refractivity contribution in [3.63, 3.8) is 0 Å². The van der Waals surface area contributed by atoms with E-state index in [1.54, 1.807) is 11.6 Å². The molecule has 25 heavy (non-hydrogen) atoms. The molecular formula is C18H23N3O3S. The van der Waals surface area contributed by atoms with Gasteiger partial charge in [0, 0.05) is 16.4 Å². The third kappa shape index (κ3) is 3.76. The summed E-state index contributed by atoms with van der Waals surface area (Å²) in [4.78, 5) is 12.6. The molecular weight excluding hydrogens is 338 g/mol. The molecule has 134 valence electrons. The first-order valence-electron chi connectivity index (χ1n) is 8.24. The van der Waals surface area contributed by atoms with Crippen molar-refractivity contribution in [2.45, 2.75) is 50.8 Å². The van der Waals surface area contributed by atoms with Gasteiger partial charge in [0.15, 0.2) is 6.10 Å². The van der Waals surface area contributed by atoms with Crippen LogP contribution in [0.15, 0.2) is 30.3 Å². The minimum absolute atomic E-state index is 0.255. The van der Waals surface area contributed by atoms with Gasteiger partial charge in [-0.3, -0.25) is 9.00 Å². The van der Waals surface area contributed by atoms with Gasteiger partial charge >= 0.3 is 0 Å². The largest absolute Gasteiger partial charge is 0.481 e. The van der Waals surface area contributed by atoms with Crippen LogP contribution in [-0.4, -0.2) is 26.0 Å². The van der Waals surface area contributed by atoms with Gasteiger partial charge in [0.25, 0.3) is 5.91 Å². The summed E-state index contributed by atoms with van der Waals surface area (Å²) in [5.41, 5.74) is 1.38. The lowest BCUT2D eigenvalue weighted by molar-refractivity contribution is -0.122. The molecule has 0 bridgehead atoms. The molecule has 1 aliphatic heterocycles. The SMILES string of the molecule is C[C@@H](Oc1ccccc1)C(=O)Nc1c2c(nn1C(C)(C)C)C[S@@](=O)C2. The van der Waals surface area contributed by atoms with Gasteiger partial charge in [0.2, 0.25) is 0 Å². The molecule has 2 heterocycles. The Balaban J connectivity index is 1.82. The highest BCUT2D eigenvalue weighted by Crippen LogP contribution is 2.33. The molecule has 0 unspecified atom stereocenters. The molecule has 1 aliphatic rings. The number of hydrogen-bond donors (Lipinski definition) is 1. The molecule has 1 aromatic carbocycles. The number of ether oxygens (including phenoxy) is 1. The van der Waals surface area contributed by atoms with E-state index in [1.807, 2.05) is 51.1 Å². The second kappa shape index (κ2) is 6.63. The standard InChI is InChI=1S/C18H23N3O3S/c1-12(24-13-8-6-5-7-9-13)17(22)19-16-14-10-25(23)11-15(14)20-21(16)18(2,3)4/h5-9,12H,10-11H2,1-4H3,(H,19,22)/t12-,25+/m1/s1. The number of fused-ring (bicyclic) bond motifs is 1. The zero-order valence-corrected chi connectivity index (χ0v) is 15.7. The van der Waals surface area contributed by atoms with Crippen molar-refractivity contribution in [3.05, 3.63) is 41.6 Å². The third-order valence-corrected chi connectivity index (χ3v) is 5.18. The highest BCUT2D eigenvalue weighted by atomic mass is 32.2. The van der Waals surface area contributed by atoms with E-state index in [0.29, 0.717) is 23.1 Å². The smallest absolute Gasteiger partial charge is 0.266 e. The Morgan fingerprint density at radius 1 is 1.28 bits per heavy atom. The first-order chi connectivity index (χ1) is 11.8. The molecule has 0 saturated heterocycles. The fourth-order valence-electron chi connectivity index (χ4n) is 2.72. The lowest BCUT2D eigenvalue weighted by Crippen LogP contribution is -2.33. The van der Waals surface area contributed by atoms with E-state index in [1.165, 1.54) is 0 Å². The molecule has 1 N–H and O–H groups in total. The van der Waals surface area contributed by atoms with E-state index < -0.39 is 16.9 Å². The number of nitrogens with zero attached hydrogens (tertiary/aromatic N) is 2. The van der Waals surface area contributed by atoms with Crippen molar-refractivity contribution in [2.24, 2.45) is 0 Å². The maximum atomic E-state index is 12.6. The van der Waals surface area contributed by atoms with E-state index in [-0.39, 0.29) is 11.4 Å². The van der Waals surface area contributed by atoms with Crippen LogP contribution in [0.2, 0.25) is 0 Å². The van der Waals surface area contributed by atoms with Gasteiger partial charge in [-0.2, -0.15) is 5.10 Å². The minimum Gasteiger partial charge on any atom is -0.481 e. The number of amides is 1. The van der Waals surface area contributed by atoms with E-state index >= 15 is 0 Å². The first-order valence-corrected chi connectivity index (χ1v) is 9.73. The van der Waals surface area contributed by atoms with Gasteiger partial charge in [0.05, 0.1) is 22.7 Å². The fourth-order valence-corrected chi connectivity index (χ4v) is 3.98. The van der Waals surface area contributed by atoms with Crippen LogP contribution in [-0.2, 0) is 32.6 Å². The van der Waals surface area contributed by atoms with E-state index in [9.17, 15) is 9.00 Å². The van der Waals surface area contributed by atoms with Crippen LogP contribution in [0.4, 0.5) is 5.82 Å². The average Bonchev–Trinajstić information content (AvgIpc) is 3.05. The normalized spacial score (nSPS) is 17.8. The van der Waals surface area contributed by atoms with E-state index in [0.717, 1.165) is 11.3 Å². The van der Waals surface area contributed by atoms with Crippen LogP contribution in [0.5, 0.6) is 5.75 Å². The Kier molecular flexibility index (Phi) is 4.69.